The average molecular weight is 367 g/mol. The van der Waals surface area contributed by atoms with Gasteiger partial charge in [-0.3, -0.25) is 14.7 Å². The Balaban J connectivity index is 1.98. The molecule has 1 fully saturated rings. The summed E-state index contributed by atoms with van der Waals surface area (Å²) >= 11 is 7.69. The average Bonchev–Trinajstić information content (AvgIpc) is 3.03. The molecule has 2 heterocycles. The smallest absolute Gasteiger partial charge is 0.266 e. The first-order chi connectivity index (χ1) is 11.4. The molecule has 3 rings (SSSR count). The summed E-state index contributed by atoms with van der Waals surface area (Å²) in [6.45, 7) is 8.13. The van der Waals surface area contributed by atoms with E-state index in [2.05, 4.69) is 4.99 Å². The van der Waals surface area contributed by atoms with Crippen LogP contribution in [0.15, 0.2) is 22.0 Å². The fourth-order valence-corrected chi connectivity index (χ4v) is 3.87. The molecule has 0 aliphatic carbocycles. The van der Waals surface area contributed by atoms with Gasteiger partial charge in [0.05, 0.1) is 9.93 Å². The minimum Gasteiger partial charge on any atom is -0.454 e. The molecule has 24 heavy (non-hydrogen) atoms. The highest BCUT2D eigenvalue weighted by atomic mass is 35.5. The highest BCUT2D eigenvalue weighted by Crippen LogP contribution is 2.40. The summed E-state index contributed by atoms with van der Waals surface area (Å²) in [5.41, 5.74) is 0.728. The van der Waals surface area contributed by atoms with Crippen molar-refractivity contribution in [3.8, 4) is 11.5 Å². The van der Waals surface area contributed by atoms with E-state index in [0.29, 0.717) is 21.4 Å². The lowest BCUT2D eigenvalue weighted by atomic mass is 10.1. The highest BCUT2D eigenvalue weighted by Gasteiger charge is 2.35. The number of nitrogens with zero attached hydrogens (tertiary/aromatic N) is 2. The standard InChI is InChI=1S/C17H19ClN2O3S/c1-9(2)19-17-20(10(3)4)16(21)15(24-17)6-11-5-13-14(7-12(11)18)23-8-22-13/h5-7,9-10H,8H2,1-4H3/b15-6+,19-17?. The van der Waals surface area contributed by atoms with Gasteiger partial charge >= 0.3 is 0 Å². The summed E-state index contributed by atoms with van der Waals surface area (Å²) in [6, 6.07) is 3.67. The third kappa shape index (κ3) is 3.26. The van der Waals surface area contributed by atoms with Gasteiger partial charge in [0.2, 0.25) is 6.79 Å². The van der Waals surface area contributed by atoms with Crippen LogP contribution in [0.4, 0.5) is 0 Å². The number of amides is 1. The molecule has 1 amide bonds. The largest absolute Gasteiger partial charge is 0.454 e. The number of rotatable bonds is 3. The molecule has 7 heteroatoms. The molecule has 0 unspecified atom stereocenters. The number of benzene rings is 1. The maximum Gasteiger partial charge on any atom is 0.266 e. The number of halogens is 1. The number of hydrogen-bond donors (Lipinski definition) is 0. The van der Waals surface area contributed by atoms with Gasteiger partial charge in [0.25, 0.3) is 5.91 Å². The van der Waals surface area contributed by atoms with Crippen molar-refractivity contribution >= 4 is 40.5 Å². The lowest BCUT2D eigenvalue weighted by molar-refractivity contribution is -0.123. The Labute approximate surface area is 150 Å². The molecule has 0 saturated carbocycles. The summed E-state index contributed by atoms with van der Waals surface area (Å²) in [7, 11) is 0. The molecule has 5 nitrogen and oxygen atoms in total. The molecule has 2 aliphatic heterocycles. The molecule has 0 atom stereocenters. The number of amidine groups is 1. The zero-order valence-corrected chi connectivity index (χ0v) is 15.6. The second-order valence-corrected chi connectivity index (χ2v) is 7.53. The van der Waals surface area contributed by atoms with Crippen molar-refractivity contribution in [1.29, 1.82) is 0 Å². The first kappa shape index (κ1) is 17.2. The maximum absolute atomic E-state index is 12.7. The number of carbonyl (C=O) groups is 1. The van der Waals surface area contributed by atoms with Gasteiger partial charge in [0, 0.05) is 18.2 Å². The highest BCUT2D eigenvalue weighted by molar-refractivity contribution is 8.18. The second kappa shape index (κ2) is 6.69. The Kier molecular flexibility index (Phi) is 4.78. The van der Waals surface area contributed by atoms with Crippen LogP contribution in [-0.2, 0) is 4.79 Å². The second-order valence-electron chi connectivity index (χ2n) is 6.11. The van der Waals surface area contributed by atoms with Crippen LogP contribution < -0.4 is 9.47 Å². The Morgan fingerprint density at radius 3 is 2.54 bits per heavy atom. The normalized spacial score (nSPS) is 20.3. The van der Waals surface area contributed by atoms with E-state index in [1.165, 1.54) is 11.8 Å². The number of ether oxygens (including phenoxy) is 2. The minimum atomic E-state index is -0.0527. The number of carbonyl (C=O) groups excluding carboxylic acids is 1. The van der Waals surface area contributed by atoms with E-state index < -0.39 is 0 Å². The zero-order valence-electron chi connectivity index (χ0n) is 14.0. The summed E-state index contributed by atoms with van der Waals surface area (Å²) in [5.74, 6) is 1.21. The van der Waals surface area contributed by atoms with E-state index in [9.17, 15) is 4.79 Å². The van der Waals surface area contributed by atoms with E-state index in [1.54, 1.807) is 23.1 Å². The van der Waals surface area contributed by atoms with Crippen molar-refractivity contribution in [2.45, 2.75) is 39.8 Å². The van der Waals surface area contributed by atoms with Crippen molar-refractivity contribution in [3.63, 3.8) is 0 Å². The lowest BCUT2D eigenvalue weighted by Gasteiger charge is -2.20. The topological polar surface area (TPSA) is 51.1 Å². The summed E-state index contributed by atoms with van der Waals surface area (Å²) in [6.07, 6.45) is 1.79. The van der Waals surface area contributed by atoms with Crippen molar-refractivity contribution in [1.82, 2.24) is 4.90 Å². The fourth-order valence-electron chi connectivity index (χ4n) is 2.44. The lowest BCUT2D eigenvalue weighted by Crippen LogP contribution is -2.35. The van der Waals surface area contributed by atoms with Gasteiger partial charge in [0.15, 0.2) is 16.7 Å². The predicted molar refractivity (Wildman–Crippen MR) is 97.7 cm³/mol. The third-order valence-corrected chi connectivity index (χ3v) is 4.82. The summed E-state index contributed by atoms with van der Waals surface area (Å²) < 4.78 is 10.7. The Morgan fingerprint density at radius 1 is 1.25 bits per heavy atom. The van der Waals surface area contributed by atoms with Gasteiger partial charge in [-0.15, -0.1) is 0 Å². The first-order valence-corrected chi connectivity index (χ1v) is 8.96. The monoisotopic (exact) mass is 366 g/mol. The number of fused-ring (bicyclic) bond motifs is 1. The van der Waals surface area contributed by atoms with Crippen LogP contribution >= 0.6 is 23.4 Å². The van der Waals surface area contributed by atoms with Gasteiger partial charge in [-0.1, -0.05) is 11.6 Å². The molecule has 0 aromatic heterocycles. The van der Waals surface area contributed by atoms with Gasteiger partial charge in [0.1, 0.15) is 0 Å². The molecule has 1 aromatic carbocycles. The first-order valence-electron chi connectivity index (χ1n) is 7.77. The van der Waals surface area contributed by atoms with Crippen LogP contribution in [0.1, 0.15) is 33.3 Å². The SMILES string of the molecule is CC(C)N=C1S/C(=C/c2cc3c(cc2Cl)OCO3)C(=O)N1C(C)C. The van der Waals surface area contributed by atoms with Crippen molar-refractivity contribution in [2.75, 3.05) is 6.79 Å². The summed E-state index contributed by atoms with van der Waals surface area (Å²) in [4.78, 5) is 19.6. The molecule has 2 aliphatic rings. The molecular formula is C17H19ClN2O3S. The quantitative estimate of drug-likeness (QED) is 0.754. The predicted octanol–water partition coefficient (Wildman–Crippen LogP) is 4.16. The molecule has 0 radical (unpaired) electrons. The van der Waals surface area contributed by atoms with Crippen molar-refractivity contribution in [2.24, 2.45) is 4.99 Å². The number of thioether (sulfide) groups is 1. The van der Waals surface area contributed by atoms with Gasteiger partial charge < -0.3 is 9.47 Å². The Morgan fingerprint density at radius 2 is 1.92 bits per heavy atom. The van der Waals surface area contributed by atoms with Crippen LogP contribution in [-0.4, -0.2) is 34.9 Å². The maximum atomic E-state index is 12.7. The van der Waals surface area contributed by atoms with Crippen LogP contribution in [0.2, 0.25) is 5.02 Å². The minimum absolute atomic E-state index is 0.0422. The Bertz CT molecular complexity index is 744. The molecule has 1 saturated heterocycles. The number of aliphatic imine (C=N–C) groups is 1. The molecular weight excluding hydrogens is 348 g/mol. The number of hydrogen-bond acceptors (Lipinski definition) is 5. The molecule has 0 N–H and O–H groups in total. The van der Waals surface area contributed by atoms with Crippen molar-refractivity contribution in [3.05, 3.63) is 27.6 Å². The third-order valence-electron chi connectivity index (χ3n) is 3.50. The van der Waals surface area contributed by atoms with E-state index in [4.69, 9.17) is 21.1 Å². The zero-order chi connectivity index (χ0) is 17.4. The molecule has 1 aromatic rings. The van der Waals surface area contributed by atoms with Gasteiger partial charge in [-0.25, -0.2) is 0 Å². The Hall–Kier alpha value is -1.66. The summed E-state index contributed by atoms with van der Waals surface area (Å²) in [5, 5.41) is 1.25. The van der Waals surface area contributed by atoms with Crippen LogP contribution in [0.5, 0.6) is 11.5 Å². The van der Waals surface area contributed by atoms with E-state index >= 15 is 0 Å². The van der Waals surface area contributed by atoms with E-state index in [0.717, 1.165) is 10.7 Å². The fraction of sp³-hybridized carbons (Fsp3) is 0.412. The molecule has 128 valence electrons. The van der Waals surface area contributed by atoms with Crippen LogP contribution in [0, 0.1) is 0 Å². The van der Waals surface area contributed by atoms with Crippen LogP contribution in [0.3, 0.4) is 0 Å². The van der Waals surface area contributed by atoms with Gasteiger partial charge in [-0.05, 0) is 57.2 Å². The van der Waals surface area contributed by atoms with E-state index in [-0.39, 0.29) is 24.8 Å². The van der Waals surface area contributed by atoms with E-state index in [1.807, 2.05) is 27.7 Å². The van der Waals surface area contributed by atoms with Crippen molar-refractivity contribution < 1.29 is 14.3 Å². The molecule has 0 bridgehead atoms. The van der Waals surface area contributed by atoms with Gasteiger partial charge in [-0.2, -0.15) is 0 Å². The van der Waals surface area contributed by atoms with Crippen LogP contribution in [0.25, 0.3) is 6.08 Å². The molecule has 0 spiro atoms.